The Morgan fingerprint density at radius 1 is 1.25 bits per heavy atom. The fourth-order valence-corrected chi connectivity index (χ4v) is 3.54. The zero-order chi connectivity index (χ0) is 14.7. The number of urea groups is 1. The third-order valence-electron chi connectivity index (χ3n) is 2.61. The van der Waals surface area contributed by atoms with E-state index in [2.05, 4.69) is 5.32 Å². The summed E-state index contributed by atoms with van der Waals surface area (Å²) in [7, 11) is 0. The Bertz CT molecular complexity index is 667. The van der Waals surface area contributed by atoms with Crippen LogP contribution < -0.4 is 16.8 Å². The molecule has 2 aromatic rings. The van der Waals surface area contributed by atoms with Gasteiger partial charge in [-0.3, -0.25) is 10.1 Å². The normalized spacial score (nSPS) is 10.2. The van der Waals surface area contributed by atoms with E-state index in [0.717, 1.165) is 15.3 Å². The van der Waals surface area contributed by atoms with Crippen molar-refractivity contribution >= 4 is 40.0 Å². The van der Waals surface area contributed by atoms with Gasteiger partial charge in [-0.1, -0.05) is 18.2 Å². The summed E-state index contributed by atoms with van der Waals surface area (Å²) in [6, 6.07) is 8.76. The number of nitrogens with two attached hydrogens (primary N) is 2. The van der Waals surface area contributed by atoms with Gasteiger partial charge in [-0.05, 0) is 18.4 Å². The zero-order valence-corrected chi connectivity index (χ0v) is 12.3. The molecule has 0 radical (unpaired) electrons. The molecule has 0 aliphatic carbocycles. The second-order valence-corrected chi connectivity index (χ2v) is 5.81. The van der Waals surface area contributed by atoms with Crippen molar-refractivity contribution in [2.24, 2.45) is 11.5 Å². The highest BCUT2D eigenvalue weighted by Gasteiger charge is 2.17. The standard InChI is InChI=1S/C13H13N3O2S2/c1-19-9-5-3-2-4-7(9)10-6-8(11(14)17)12(20-10)16-13(15)18/h2-6H,1H3,(H2,14,17)(H3,15,16,18). The van der Waals surface area contributed by atoms with Gasteiger partial charge in [-0.15, -0.1) is 23.1 Å². The molecule has 0 spiro atoms. The predicted molar refractivity (Wildman–Crippen MR) is 83.3 cm³/mol. The van der Waals surface area contributed by atoms with Crippen LogP contribution in [0.4, 0.5) is 9.80 Å². The lowest BCUT2D eigenvalue weighted by molar-refractivity contribution is 0.100. The van der Waals surface area contributed by atoms with Crippen LogP contribution in [0.1, 0.15) is 10.4 Å². The second-order valence-electron chi connectivity index (χ2n) is 3.91. The summed E-state index contributed by atoms with van der Waals surface area (Å²) in [6.45, 7) is 0. The SMILES string of the molecule is CSc1ccccc1-c1cc(C(N)=O)c(NC(N)=O)s1. The van der Waals surface area contributed by atoms with Crippen LogP contribution in [0.3, 0.4) is 0 Å². The number of primary amides is 2. The van der Waals surface area contributed by atoms with E-state index in [0.29, 0.717) is 5.00 Å². The van der Waals surface area contributed by atoms with Crippen molar-refractivity contribution in [1.29, 1.82) is 0 Å². The summed E-state index contributed by atoms with van der Waals surface area (Å²) in [5.74, 6) is -0.599. The third kappa shape index (κ3) is 2.94. The summed E-state index contributed by atoms with van der Waals surface area (Å²) >= 11 is 2.88. The molecule has 0 fully saturated rings. The summed E-state index contributed by atoms with van der Waals surface area (Å²) < 4.78 is 0. The summed E-state index contributed by atoms with van der Waals surface area (Å²) in [6.07, 6.45) is 1.98. The first-order chi connectivity index (χ1) is 9.52. The molecule has 0 aliphatic rings. The molecule has 0 saturated heterocycles. The van der Waals surface area contributed by atoms with E-state index in [-0.39, 0.29) is 5.56 Å². The van der Waals surface area contributed by atoms with Crippen molar-refractivity contribution in [3.05, 3.63) is 35.9 Å². The molecule has 0 aliphatic heterocycles. The Morgan fingerprint density at radius 3 is 2.55 bits per heavy atom. The van der Waals surface area contributed by atoms with Crippen LogP contribution in [0.25, 0.3) is 10.4 Å². The Kier molecular flexibility index (Phi) is 4.31. The van der Waals surface area contributed by atoms with Gasteiger partial charge < -0.3 is 11.5 Å². The van der Waals surface area contributed by atoms with Gasteiger partial charge in [0.05, 0.1) is 5.56 Å². The van der Waals surface area contributed by atoms with E-state index in [1.165, 1.54) is 11.3 Å². The molecular formula is C13H13N3O2S2. The van der Waals surface area contributed by atoms with Gasteiger partial charge in [0.25, 0.3) is 5.91 Å². The van der Waals surface area contributed by atoms with Crippen molar-refractivity contribution in [1.82, 2.24) is 0 Å². The highest BCUT2D eigenvalue weighted by atomic mass is 32.2. The molecule has 1 aromatic carbocycles. The minimum Gasteiger partial charge on any atom is -0.366 e. The molecule has 0 bridgehead atoms. The molecule has 1 aromatic heterocycles. The van der Waals surface area contributed by atoms with Gasteiger partial charge in [0, 0.05) is 15.3 Å². The van der Waals surface area contributed by atoms with Crippen LogP contribution >= 0.6 is 23.1 Å². The minimum absolute atomic E-state index is 0.264. The van der Waals surface area contributed by atoms with Gasteiger partial charge in [0.1, 0.15) is 5.00 Å². The number of anilines is 1. The average Bonchev–Trinajstić information content (AvgIpc) is 2.81. The fraction of sp³-hybridized carbons (Fsp3) is 0.0769. The van der Waals surface area contributed by atoms with E-state index < -0.39 is 11.9 Å². The van der Waals surface area contributed by atoms with Gasteiger partial charge in [0.15, 0.2) is 0 Å². The number of benzene rings is 1. The third-order valence-corrected chi connectivity index (χ3v) is 4.49. The highest BCUT2D eigenvalue weighted by Crippen LogP contribution is 2.39. The maximum Gasteiger partial charge on any atom is 0.317 e. The van der Waals surface area contributed by atoms with Crippen molar-refractivity contribution in [2.45, 2.75) is 4.90 Å². The van der Waals surface area contributed by atoms with E-state index >= 15 is 0 Å². The Balaban J connectivity index is 2.52. The maximum absolute atomic E-state index is 11.4. The van der Waals surface area contributed by atoms with Crippen LogP contribution in [-0.4, -0.2) is 18.2 Å². The number of thiophene rings is 1. The summed E-state index contributed by atoms with van der Waals surface area (Å²) in [5.41, 5.74) is 11.7. The first-order valence-corrected chi connectivity index (χ1v) is 7.70. The number of nitrogens with one attached hydrogen (secondary N) is 1. The number of carbonyl (C=O) groups excluding carboxylic acids is 2. The molecule has 3 amide bonds. The molecular weight excluding hydrogens is 294 g/mol. The Morgan fingerprint density at radius 2 is 1.95 bits per heavy atom. The van der Waals surface area contributed by atoms with Crippen LogP contribution in [0, 0.1) is 0 Å². The quantitative estimate of drug-likeness (QED) is 0.757. The molecule has 5 nitrogen and oxygen atoms in total. The van der Waals surface area contributed by atoms with Crippen LogP contribution in [-0.2, 0) is 0 Å². The predicted octanol–water partition coefficient (Wildman–Crippen LogP) is 2.73. The monoisotopic (exact) mass is 307 g/mol. The lowest BCUT2D eigenvalue weighted by atomic mass is 10.1. The van der Waals surface area contributed by atoms with E-state index in [4.69, 9.17) is 11.5 Å². The molecule has 2 rings (SSSR count). The van der Waals surface area contributed by atoms with Gasteiger partial charge in [0.2, 0.25) is 0 Å². The molecule has 0 saturated carbocycles. The van der Waals surface area contributed by atoms with Crippen molar-refractivity contribution in [3.8, 4) is 10.4 Å². The topological polar surface area (TPSA) is 98.2 Å². The molecule has 104 valence electrons. The van der Waals surface area contributed by atoms with E-state index in [1.54, 1.807) is 17.8 Å². The zero-order valence-electron chi connectivity index (χ0n) is 10.7. The Hall–Kier alpha value is -1.99. The van der Waals surface area contributed by atoms with E-state index in [9.17, 15) is 9.59 Å². The van der Waals surface area contributed by atoms with Crippen LogP contribution in [0.15, 0.2) is 35.2 Å². The summed E-state index contributed by atoms with van der Waals surface area (Å²) in [4.78, 5) is 24.3. The van der Waals surface area contributed by atoms with Crippen molar-refractivity contribution in [2.75, 3.05) is 11.6 Å². The largest absolute Gasteiger partial charge is 0.366 e. The lowest BCUT2D eigenvalue weighted by Gasteiger charge is -2.03. The number of hydrogen-bond donors (Lipinski definition) is 3. The molecule has 5 N–H and O–H groups in total. The number of carbonyl (C=O) groups is 2. The number of amides is 3. The van der Waals surface area contributed by atoms with Gasteiger partial charge in [-0.2, -0.15) is 0 Å². The lowest BCUT2D eigenvalue weighted by Crippen LogP contribution is -2.21. The number of hydrogen-bond acceptors (Lipinski definition) is 4. The number of thioether (sulfide) groups is 1. The molecule has 20 heavy (non-hydrogen) atoms. The van der Waals surface area contributed by atoms with Crippen LogP contribution in [0.2, 0.25) is 0 Å². The van der Waals surface area contributed by atoms with Crippen molar-refractivity contribution < 1.29 is 9.59 Å². The average molecular weight is 307 g/mol. The number of rotatable bonds is 4. The first-order valence-electron chi connectivity index (χ1n) is 5.66. The van der Waals surface area contributed by atoms with E-state index in [1.807, 2.05) is 30.5 Å². The molecule has 7 heteroatoms. The van der Waals surface area contributed by atoms with Gasteiger partial charge in [-0.25, -0.2) is 4.79 Å². The first kappa shape index (κ1) is 14.4. The maximum atomic E-state index is 11.4. The van der Waals surface area contributed by atoms with Gasteiger partial charge >= 0.3 is 6.03 Å². The minimum atomic E-state index is -0.723. The Labute approximate surface area is 124 Å². The molecule has 0 atom stereocenters. The van der Waals surface area contributed by atoms with Crippen molar-refractivity contribution in [3.63, 3.8) is 0 Å². The smallest absolute Gasteiger partial charge is 0.317 e. The highest BCUT2D eigenvalue weighted by molar-refractivity contribution is 7.98. The molecule has 1 heterocycles. The fourth-order valence-electron chi connectivity index (χ4n) is 1.76. The summed E-state index contributed by atoms with van der Waals surface area (Å²) in [5, 5.41) is 2.80. The van der Waals surface area contributed by atoms with Crippen LogP contribution in [0.5, 0.6) is 0 Å². The second kappa shape index (κ2) is 5.98. The molecule has 0 unspecified atom stereocenters.